The Kier molecular flexibility index (Phi) is 3.41. The predicted octanol–water partition coefficient (Wildman–Crippen LogP) is 2.72. The van der Waals surface area contributed by atoms with Gasteiger partial charge in [0.1, 0.15) is 0 Å². The highest BCUT2D eigenvalue weighted by molar-refractivity contribution is 7.92. The minimum absolute atomic E-state index is 0.235. The summed E-state index contributed by atoms with van der Waals surface area (Å²) >= 11 is 0. The van der Waals surface area contributed by atoms with Gasteiger partial charge in [0.15, 0.2) is 9.84 Å². The smallest absolute Gasteiger partial charge is 0.182 e. The van der Waals surface area contributed by atoms with Crippen LogP contribution in [0.1, 0.15) is 33.1 Å². The summed E-state index contributed by atoms with van der Waals surface area (Å²) in [4.78, 5) is 2.87. The SMILES string of the molecule is CC1(C)CCCN2C[C@H](S(=O)(=O)c3ccccc3)CC21. The second kappa shape index (κ2) is 4.85. The highest BCUT2D eigenvalue weighted by Gasteiger charge is 2.47. The van der Waals surface area contributed by atoms with Crippen molar-refractivity contribution in [1.29, 1.82) is 0 Å². The molecule has 4 heteroatoms. The van der Waals surface area contributed by atoms with Gasteiger partial charge in [0.05, 0.1) is 10.1 Å². The number of hydrogen-bond donors (Lipinski definition) is 0. The van der Waals surface area contributed by atoms with Crippen LogP contribution >= 0.6 is 0 Å². The summed E-state index contributed by atoms with van der Waals surface area (Å²) in [6.45, 7) is 6.31. The summed E-state index contributed by atoms with van der Waals surface area (Å²) in [6.07, 6.45) is 3.16. The summed E-state index contributed by atoms with van der Waals surface area (Å²) in [7, 11) is -3.19. The van der Waals surface area contributed by atoms with Gasteiger partial charge in [-0.15, -0.1) is 0 Å². The zero-order valence-corrected chi connectivity index (χ0v) is 13.1. The van der Waals surface area contributed by atoms with Crippen LogP contribution in [0.3, 0.4) is 0 Å². The predicted molar refractivity (Wildman–Crippen MR) is 80.4 cm³/mol. The fraction of sp³-hybridized carbons (Fsp3) is 0.625. The third-order valence-electron chi connectivity index (χ3n) is 5.04. The zero-order valence-electron chi connectivity index (χ0n) is 12.2. The summed E-state index contributed by atoms with van der Waals surface area (Å²) < 4.78 is 25.5. The molecule has 2 fully saturated rings. The molecule has 2 aliphatic rings. The Hall–Kier alpha value is -0.870. The zero-order chi connectivity index (χ0) is 14.4. The quantitative estimate of drug-likeness (QED) is 0.841. The first-order chi connectivity index (χ1) is 9.41. The van der Waals surface area contributed by atoms with Crippen LogP contribution in [0.15, 0.2) is 35.2 Å². The molecule has 0 saturated carbocycles. The van der Waals surface area contributed by atoms with Crippen LogP contribution in [0.2, 0.25) is 0 Å². The molecule has 0 amide bonds. The summed E-state index contributed by atoms with van der Waals surface area (Å²) in [5, 5.41) is -0.243. The van der Waals surface area contributed by atoms with Gasteiger partial charge < -0.3 is 0 Å². The Morgan fingerprint density at radius 1 is 1.20 bits per heavy atom. The Morgan fingerprint density at radius 3 is 2.55 bits per heavy atom. The molecule has 2 atom stereocenters. The van der Waals surface area contributed by atoms with E-state index < -0.39 is 9.84 Å². The van der Waals surface area contributed by atoms with Crippen LogP contribution in [0.5, 0.6) is 0 Å². The molecule has 3 rings (SSSR count). The number of sulfone groups is 1. The molecule has 0 bridgehead atoms. The maximum absolute atomic E-state index is 12.8. The molecule has 20 heavy (non-hydrogen) atoms. The van der Waals surface area contributed by atoms with Crippen molar-refractivity contribution in [3.05, 3.63) is 30.3 Å². The van der Waals surface area contributed by atoms with E-state index in [0.717, 1.165) is 13.0 Å². The van der Waals surface area contributed by atoms with Crippen molar-refractivity contribution in [1.82, 2.24) is 4.90 Å². The monoisotopic (exact) mass is 293 g/mol. The maximum Gasteiger partial charge on any atom is 0.182 e. The third kappa shape index (κ3) is 2.29. The molecule has 1 aromatic rings. The van der Waals surface area contributed by atoms with E-state index in [1.807, 2.05) is 6.07 Å². The molecular weight excluding hydrogens is 270 g/mol. The molecule has 3 nitrogen and oxygen atoms in total. The van der Waals surface area contributed by atoms with Crippen molar-refractivity contribution in [2.75, 3.05) is 13.1 Å². The molecular formula is C16H23NO2S. The molecule has 2 aliphatic heterocycles. The van der Waals surface area contributed by atoms with E-state index in [1.165, 1.54) is 12.8 Å². The molecule has 0 spiro atoms. The number of piperidine rings is 1. The highest BCUT2D eigenvalue weighted by atomic mass is 32.2. The Bertz CT molecular complexity index is 580. The van der Waals surface area contributed by atoms with E-state index in [1.54, 1.807) is 24.3 Å². The Labute approximate surface area is 121 Å². The van der Waals surface area contributed by atoms with Crippen molar-refractivity contribution in [2.24, 2.45) is 5.41 Å². The topological polar surface area (TPSA) is 37.4 Å². The number of rotatable bonds is 2. The summed E-state index contributed by atoms with van der Waals surface area (Å²) in [6, 6.07) is 9.33. The first-order valence-electron chi connectivity index (χ1n) is 7.44. The van der Waals surface area contributed by atoms with E-state index in [4.69, 9.17) is 0 Å². The van der Waals surface area contributed by atoms with E-state index in [9.17, 15) is 8.42 Å². The number of hydrogen-bond acceptors (Lipinski definition) is 3. The fourth-order valence-electron chi connectivity index (χ4n) is 3.85. The molecule has 0 radical (unpaired) electrons. The molecule has 0 aromatic heterocycles. The Morgan fingerprint density at radius 2 is 1.90 bits per heavy atom. The van der Waals surface area contributed by atoms with Gasteiger partial charge in [-0.3, -0.25) is 4.90 Å². The first kappa shape index (κ1) is 14.1. The van der Waals surface area contributed by atoms with Crippen LogP contribution in [-0.2, 0) is 9.84 Å². The lowest BCUT2D eigenvalue weighted by Crippen LogP contribution is -2.45. The van der Waals surface area contributed by atoms with Gasteiger partial charge in [0, 0.05) is 12.6 Å². The van der Waals surface area contributed by atoms with E-state index in [2.05, 4.69) is 18.7 Å². The first-order valence-corrected chi connectivity index (χ1v) is 8.99. The third-order valence-corrected chi connectivity index (χ3v) is 7.19. The van der Waals surface area contributed by atoms with Gasteiger partial charge in [0.2, 0.25) is 0 Å². The van der Waals surface area contributed by atoms with Gasteiger partial charge in [-0.05, 0) is 43.4 Å². The molecule has 2 heterocycles. The van der Waals surface area contributed by atoms with Crippen molar-refractivity contribution in [2.45, 2.75) is 49.3 Å². The average molecular weight is 293 g/mol. The molecule has 110 valence electrons. The Balaban J connectivity index is 1.87. The van der Waals surface area contributed by atoms with Crippen molar-refractivity contribution >= 4 is 9.84 Å². The summed E-state index contributed by atoms with van der Waals surface area (Å²) in [5.41, 5.74) is 0.235. The van der Waals surface area contributed by atoms with Crippen LogP contribution in [0.25, 0.3) is 0 Å². The molecule has 0 N–H and O–H groups in total. The number of benzene rings is 1. The lowest BCUT2D eigenvalue weighted by atomic mass is 9.76. The molecule has 2 saturated heterocycles. The molecule has 1 unspecified atom stereocenters. The summed E-state index contributed by atoms with van der Waals surface area (Å²) in [5.74, 6) is 0. The van der Waals surface area contributed by atoms with Crippen molar-refractivity contribution in [3.8, 4) is 0 Å². The van der Waals surface area contributed by atoms with Crippen LogP contribution in [-0.4, -0.2) is 37.7 Å². The van der Waals surface area contributed by atoms with Crippen molar-refractivity contribution < 1.29 is 8.42 Å². The maximum atomic E-state index is 12.8. The fourth-order valence-corrected chi connectivity index (χ4v) is 5.60. The average Bonchev–Trinajstić information content (AvgIpc) is 2.86. The second-order valence-electron chi connectivity index (χ2n) is 6.82. The van der Waals surface area contributed by atoms with Gasteiger partial charge in [-0.25, -0.2) is 8.42 Å². The minimum Gasteiger partial charge on any atom is -0.299 e. The van der Waals surface area contributed by atoms with Gasteiger partial charge in [0.25, 0.3) is 0 Å². The standard InChI is InChI=1S/C16H23NO2S/c1-16(2)9-6-10-17-12-14(11-15(16)17)20(18,19)13-7-4-3-5-8-13/h3-5,7-8,14-15H,6,9-12H2,1-2H3/t14-,15?/m1/s1. The van der Waals surface area contributed by atoms with Gasteiger partial charge in [-0.1, -0.05) is 32.0 Å². The second-order valence-corrected chi connectivity index (χ2v) is 9.05. The number of fused-ring (bicyclic) bond motifs is 1. The van der Waals surface area contributed by atoms with Gasteiger partial charge in [-0.2, -0.15) is 0 Å². The minimum atomic E-state index is -3.19. The van der Waals surface area contributed by atoms with E-state index >= 15 is 0 Å². The van der Waals surface area contributed by atoms with Crippen LogP contribution in [0.4, 0.5) is 0 Å². The van der Waals surface area contributed by atoms with Crippen molar-refractivity contribution in [3.63, 3.8) is 0 Å². The normalized spacial score (nSPS) is 30.1. The molecule has 0 aliphatic carbocycles. The lowest BCUT2D eigenvalue weighted by molar-refractivity contribution is 0.0712. The van der Waals surface area contributed by atoms with Gasteiger partial charge >= 0.3 is 0 Å². The van der Waals surface area contributed by atoms with E-state index in [0.29, 0.717) is 17.5 Å². The van der Waals surface area contributed by atoms with Crippen LogP contribution in [0, 0.1) is 5.41 Å². The highest BCUT2D eigenvalue weighted by Crippen LogP contribution is 2.42. The largest absolute Gasteiger partial charge is 0.299 e. The van der Waals surface area contributed by atoms with Crippen LogP contribution < -0.4 is 0 Å². The molecule has 1 aromatic carbocycles. The number of nitrogens with zero attached hydrogens (tertiary/aromatic N) is 1. The lowest BCUT2D eigenvalue weighted by Gasteiger charge is -2.42. The van der Waals surface area contributed by atoms with E-state index in [-0.39, 0.29) is 10.7 Å².